The van der Waals surface area contributed by atoms with Gasteiger partial charge < -0.3 is 16.4 Å². The van der Waals surface area contributed by atoms with E-state index >= 15 is 0 Å². The van der Waals surface area contributed by atoms with E-state index in [0.717, 1.165) is 53.8 Å². The monoisotopic (exact) mass is 445 g/mol. The Balaban J connectivity index is 1.25. The number of nitrogens with zero attached hydrogens (tertiary/aromatic N) is 5. The summed E-state index contributed by atoms with van der Waals surface area (Å²) in [5.41, 5.74) is 15.5. The van der Waals surface area contributed by atoms with E-state index in [0.29, 0.717) is 10.8 Å². The van der Waals surface area contributed by atoms with Crippen LogP contribution in [0.25, 0.3) is 0 Å². The van der Waals surface area contributed by atoms with Gasteiger partial charge in [-0.25, -0.2) is 19.9 Å². The predicted octanol–water partition coefficient (Wildman–Crippen LogP) is 3.56. The molecule has 0 unspecified atom stereocenters. The summed E-state index contributed by atoms with van der Waals surface area (Å²) in [5, 5.41) is 1.21. The third-order valence-corrected chi connectivity index (χ3v) is 8.27. The number of piperidine rings is 1. The molecule has 3 aromatic rings. The Morgan fingerprint density at radius 2 is 2.00 bits per heavy atom. The Morgan fingerprint density at radius 3 is 2.72 bits per heavy atom. The molecule has 3 aromatic heterocycles. The molecule has 2 aliphatic rings. The highest BCUT2D eigenvalue weighted by molar-refractivity contribution is 7.99. The average molecular weight is 446 g/mol. The van der Waals surface area contributed by atoms with Gasteiger partial charge in [0.05, 0.1) is 34.7 Å². The van der Waals surface area contributed by atoms with E-state index in [1.807, 2.05) is 17.8 Å². The van der Waals surface area contributed by atoms with E-state index in [-0.39, 0.29) is 11.5 Å². The van der Waals surface area contributed by atoms with Crippen LogP contribution >= 0.6 is 34.7 Å². The highest BCUT2D eigenvalue weighted by Crippen LogP contribution is 2.51. The number of pyridine rings is 1. The van der Waals surface area contributed by atoms with Crippen molar-refractivity contribution < 1.29 is 0 Å². The second kappa shape index (κ2) is 7.39. The highest BCUT2D eigenvalue weighted by atomic mass is 35.5. The van der Waals surface area contributed by atoms with Gasteiger partial charge >= 0.3 is 0 Å². The molecular weight excluding hydrogens is 426 g/mol. The van der Waals surface area contributed by atoms with E-state index in [9.17, 15) is 0 Å². The first-order valence-electron chi connectivity index (χ1n) is 9.38. The molecule has 4 N–H and O–H groups in total. The smallest absolute Gasteiger partial charge is 0.147 e. The summed E-state index contributed by atoms with van der Waals surface area (Å²) < 4.78 is 0. The number of halogens is 1. The Hall–Kier alpha value is -1.94. The van der Waals surface area contributed by atoms with Gasteiger partial charge in [-0.3, -0.25) is 0 Å². The molecule has 1 aliphatic carbocycles. The summed E-state index contributed by atoms with van der Waals surface area (Å²) in [4.78, 5) is 22.1. The molecule has 4 heterocycles. The van der Waals surface area contributed by atoms with E-state index in [1.165, 1.54) is 16.6 Å². The predicted molar refractivity (Wildman–Crippen MR) is 116 cm³/mol. The molecule has 150 valence electrons. The Bertz CT molecular complexity index is 1030. The average Bonchev–Trinajstić information content (AvgIpc) is 3.28. The third-order valence-electron chi connectivity index (χ3n) is 5.93. The van der Waals surface area contributed by atoms with Crippen molar-refractivity contribution in [2.24, 2.45) is 11.1 Å². The van der Waals surface area contributed by atoms with Crippen molar-refractivity contribution in [3.8, 4) is 0 Å². The van der Waals surface area contributed by atoms with Crippen LogP contribution in [0.3, 0.4) is 0 Å². The van der Waals surface area contributed by atoms with Gasteiger partial charge in [-0.2, -0.15) is 0 Å². The van der Waals surface area contributed by atoms with Gasteiger partial charge in [-0.15, -0.1) is 11.3 Å². The van der Waals surface area contributed by atoms with Gasteiger partial charge in [0.15, 0.2) is 0 Å². The fourth-order valence-corrected chi connectivity index (χ4v) is 6.16. The van der Waals surface area contributed by atoms with Crippen LogP contribution in [0.1, 0.15) is 29.5 Å². The maximum Gasteiger partial charge on any atom is 0.147 e. The lowest BCUT2D eigenvalue weighted by Crippen LogP contribution is -2.44. The van der Waals surface area contributed by atoms with Gasteiger partial charge in [0.25, 0.3) is 0 Å². The van der Waals surface area contributed by atoms with Crippen molar-refractivity contribution in [1.29, 1.82) is 0 Å². The summed E-state index contributed by atoms with van der Waals surface area (Å²) in [6.07, 6.45) is 8.38. The molecule has 0 radical (unpaired) electrons. The van der Waals surface area contributed by atoms with Crippen LogP contribution in [0.2, 0.25) is 5.02 Å². The summed E-state index contributed by atoms with van der Waals surface area (Å²) in [6, 6.07) is 1.87. The summed E-state index contributed by atoms with van der Waals surface area (Å²) in [7, 11) is 0. The van der Waals surface area contributed by atoms with E-state index < -0.39 is 0 Å². The summed E-state index contributed by atoms with van der Waals surface area (Å²) in [5.74, 6) is 1.21. The molecule has 0 amide bonds. The zero-order valence-electron chi connectivity index (χ0n) is 15.6. The minimum atomic E-state index is 0.0494. The second-order valence-electron chi connectivity index (χ2n) is 7.49. The first-order valence-corrected chi connectivity index (χ1v) is 11.5. The molecule has 29 heavy (non-hydrogen) atoms. The number of nitrogen functional groups attached to an aromatic ring is 1. The second-order valence-corrected chi connectivity index (χ2v) is 9.87. The first kappa shape index (κ1) is 19.0. The molecule has 10 heteroatoms. The molecule has 0 bridgehead atoms. The van der Waals surface area contributed by atoms with Crippen molar-refractivity contribution in [2.45, 2.75) is 35.2 Å². The maximum absolute atomic E-state index is 6.57. The van der Waals surface area contributed by atoms with Crippen LogP contribution in [-0.2, 0) is 6.42 Å². The number of aromatic nitrogens is 4. The van der Waals surface area contributed by atoms with Crippen LogP contribution in [-0.4, -0.2) is 33.0 Å². The fourth-order valence-electron chi connectivity index (χ4n) is 4.21. The fraction of sp³-hybridized carbons (Fsp3) is 0.368. The molecule has 0 aromatic carbocycles. The maximum atomic E-state index is 6.57. The van der Waals surface area contributed by atoms with Crippen molar-refractivity contribution in [2.75, 3.05) is 23.7 Å². The molecule has 1 fully saturated rings. The van der Waals surface area contributed by atoms with Gasteiger partial charge in [-0.05, 0) is 30.7 Å². The molecule has 1 atom stereocenters. The van der Waals surface area contributed by atoms with E-state index in [4.69, 9.17) is 23.1 Å². The molecule has 1 spiro atoms. The number of nitrogens with two attached hydrogens (primary N) is 2. The number of rotatable bonds is 3. The lowest BCUT2D eigenvalue weighted by atomic mass is 9.73. The van der Waals surface area contributed by atoms with Crippen LogP contribution in [0, 0.1) is 5.41 Å². The van der Waals surface area contributed by atoms with Crippen molar-refractivity contribution in [3.05, 3.63) is 45.8 Å². The normalized spacial score (nSPS) is 20.2. The van der Waals surface area contributed by atoms with Crippen LogP contribution in [0.4, 0.5) is 11.6 Å². The Labute approximate surface area is 181 Å². The number of anilines is 2. The van der Waals surface area contributed by atoms with Crippen LogP contribution < -0.4 is 16.4 Å². The minimum Gasteiger partial charge on any atom is -0.382 e. The van der Waals surface area contributed by atoms with Gasteiger partial charge in [0, 0.05) is 29.1 Å². The molecule has 1 saturated heterocycles. The van der Waals surface area contributed by atoms with E-state index in [1.54, 1.807) is 23.7 Å². The van der Waals surface area contributed by atoms with Gasteiger partial charge in [-0.1, -0.05) is 23.4 Å². The number of thiazole rings is 1. The largest absolute Gasteiger partial charge is 0.382 e. The highest BCUT2D eigenvalue weighted by Gasteiger charge is 2.47. The molecule has 7 nitrogen and oxygen atoms in total. The van der Waals surface area contributed by atoms with E-state index in [2.05, 4.69) is 24.8 Å². The summed E-state index contributed by atoms with van der Waals surface area (Å²) >= 11 is 9.37. The van der Waals surface area contributed by atoms with Crippen molar-refractivity contribution >= 4 is 46.3 Å². The lowest BCUT2D eigenvalue weighted by Gasteiger charge is -2.42. The lowest BCUT2D eigenvalue weighted by molar-refractivity contribution is 0.186. The van der Waals surface area contributed by atoms with Crippen LogP contribution in [0.5, 0.6) is 0 Å². The Kier molecular flexibility index (Phi) is 4.85. The minimum absolute atomic E-state index is 0.0494. The molecule has 0 saturated carbocycles. The van der Waals surface area contributed by atoms with Gasteiger partial charge in [0.1, 0.15) is 16.7 Å². The molecular formula is C19H20ClN7S2. The standard InChI is InChI=1S/C19H20ClN7S2/c20-15-11(1-4-23-18(15)22)29-14-9-24-13(8-25-14)27-5-2-19(3-6-27)7-12-16(17(19)21)26-10-28-12/h1,4,8-10,17H,2-3,5-7,21H2,(H2,22,23)/t17-/m1/s1. The molecule has 1 aliphatic heterocycles. The number of fused-ring (bicyclic) bond motifs is 1. The third kappa shape index (κ3) is 3.35. The quantitative estimate of drug-likeness (QED) is 0.630. The Morgan fingerprint density at radius 1 is 1.17 bits per heavy atom. The first-order chi connectivity index (χ1) is 14.1. The van der Waals surface area contributed by atoms with Crippen molar-refractivity contribution in [1.82, 2.24) is 19.9 Å². The van der Waals surface area contributed by atoms with Crippen molar-refractivity contribution in [3.63, 3.8) is 0 Å². The van der Waals surface area contributed by atoms with Gasteiger partial charge in [0.2, 0.25) is 0 Å². The topological polar surface area (TPSA) is 107 Å². The van der Waals surface area contributed by atoms with Crippen LogP contribution in [0.15, 0.2) is 40.1 Å². The molecule has 5 rings (SSSR count). The zero-order valence-corrected chi connectivity index (χ0v) is 18.0. The summed E-state index contributed by atoms with van der Waals surface area (Å²) in [6.45, 7) is 1.85. The number of hydrogen-bond acceptors (Lipinski definition) is 9. The number of hydrogen-bond donors (Lipinski definition) is 2. The SMILES string of the molecule is Nc1nccc(Sc2cnc(N3CCC4(CC3)Cc3scnc3[C@H]4N)cn2)c1Cl. The zero-order chi connectivity index (χ0) is 20.0.